The maximum absolute atomic E-state index is 13.0. The van der Waals surface area contributed by atoms with Crippen molar-refractivity contribution in [3.05, 3.63) is 290 Å². The van der Waals surface area contributed by atoms with Gasteiger partial charge in [-0.2, -0.15) is 13.2 Å². The minimum absolute atomic E-state index is 0. The first-order chi connectivity index (χ1) is 42.7. The van der Waals surface area contributed by atoms with Crippen LogP contribution >= 0.6 is 0 Å². The summed E-state index contributed by atoms with van der Waals surface area (Å²) in [7, 11) is 1.58. The number of halogens is 9. The number of nitrogens with one attached hydrogen (secondary N) is 1. The molecule has 0 bridgehead atoms. The van der Waals surface area contributed by atoms with Gasteiger partial charge in [0.2, 0.25) is 0 Å². The maximum Gasteiger partial charge on any atom is 1.00 e. The number of fused-ring (bicyclic) bond motifs is 1. The number of nitrogens with zero attached hydrogens (tertiary/aromatic N) is 4. The van der Waals surface area contributed by atoms with Crippen LogP contribution in [0.4, 0.5) is 39.5 Å². The Hall–Kier alpha value is -8.53. The van der Waals surface area contributed by atoms with Gasteiger partial charge < -0.3 is 27.3 Å². The van der Waals surface area contributed by atoms with E-state index in [9.17, 15) is 58.7 Å². The second kappa shape index (κ2) is 35.6. The first-order valence-electron chi connectivity index (χ1n) is 28.2. The van der Waals surface area contributed by atoms with Crippen molar-refractivity contribution in [2.75, 3.05) is 20.1 Å². The summed E-state index contributed by atoms with van der Waals surface area (Å²) in [5.41, 5.74) is 18.9. The van der Waals surface area contributed by atoms with Gasteiger partial charge in [0, 0.05) is 60.4 Å². The smallest absolute Gasteiger partial charge is 0.605 e. The second-order valence-electron chi connectivity index (χ2n) is 20.3. The van der Waals surface area contributed by atoms with E-state index in [0.29, 0.717) is 41.4 Å². The van der Waals surface area contributed by atoms with Crippen LogP contribution in [0, 0.1) is 34.9 Å². The average Bonchev–Trinajstić information content (AvgIpc) is 1.60. The molecule has 12 rings (SSSR count). The average molecular weight is 1250 g/mol. The molecule has 21 heteroatoms. The number of carbonyl (C=O) groups is 4. The number of benzene rings is 8. The fourth-order valence-corrected chi connectivity index (χ4v) is 8.92. The summed E-state index contributed by atoms with van der Waals surface area (Å²) >= 11 is 0. The van der Waals surface area contributed by atoms with Crippen molar-refractivity contribution in [2.45, 2.75) is 75.2 Å². The topological polar surface area (TPSA) is 174 Å². The molecule has 0 radical (unpaired) electrons. The SMILES string of the molecule is CCN.CCN=Cc1ccc(F)cc1.C[N-]/N=C/c1ccc(F)cc1.N[C@@H]1CC1c1ccc(F)cc1.O=C(N[C@@H]1CC1c1ccc(F)cc1)c1ccccc1C(F)(F)F.O=C1c2ccccc2C(=O)N1[C@@H]1CC1c1ccc(F)cc1.O=Cc1ccc(F)cc1.[Na+]. The molecule has 0 saturated heterocycles. The third-order valence-corrected chi connectivity index (χ3v) is 13.7. The summed E-state index contributed by atoms with van der Waals surface area (Å²) in [4.78, 5) is 52.2. The standard InChI is InChI=1S/C17H13F4NO.C17H12FNO2.2C9H10FN.C8H8FN2.C7H5FO.C2H7N.Na/c18-11-7-5-10(6-8-11)13-9-15(13)22-16(23)12-3-1-2-4-14(12)17(19,20)21;18-11-7-5-10(6-8-11)14-9-15(14)19-16(20)12-3-1-2-4-13(12)17(19)21;10-7-3-1-6(2-4-7)8-5-9(8)11;1-2-11-7-8-3-5-9(10)6-4-8;1-10-11-6-7-2-4-8(9)5-3-7;8-7-3-1-6(5-9)2-4-7;1-2-3;/h1-8,13,15H,9H2,(H,22,23);1-8,14-15H,9H2;1-4,8-9H,5,11H2;3-7H,2H2,1H3;2-6H,1H3;1-5H;2-3H2,1H3;/q;;;;-1;;;+1/b;;;;11-6+;;;/t13?,15-;14?,15-;8?,9-;;;;;/m111...../s1. The third kappa shape index (κ3) is 22.5. The summed E-state index contributed by atoms with van der Waals surface area (Å²) in [5.74, 6) is -2.15. The number of amides is 3. The van der Waals surface area contributed by atoms with Gasteiger partial charge in [-0.15, -0.1) is 7.05 Å². The second-order valence-corrected chi connectivity index (χ2v) is 20.3. The van der Waals surface area contributed by atoms with Crippen LogP contribution in [0.5, 0.6) is 0 Å². The minimum Gasteiger partial charge on any atom is -0.605 e. The van der Waals surface area contributed by atoms with Gasteiger partial charge in [-0.3, -0.25) is 29.1 Å². The summed E-state index contributed by atoms with van der Waals surface area (Å²) in [6.07, 6.45) is 1.83. The van der Waals surface area contributed by atoms with E-state index in [1.54, 1.807) is 92.3 Å². The van der Waals surface area contributed by atoms with E-state index in [0.717, 1.165) is 60.3 Å². The van der Waals surface area contributed by atoms with Crippen LogP contribution in [-0.4, -0.2) is 79.6 Å². The molecule has 3 aliphatic carbocycles. The zero-order valence-corrected chi connectivity index (χ0v) is 51.7. The Labute approximate surface area is 538 Å². The van der Waals surface area contributed by atoms with Crippen molar-refractivity contribution in [1.82, 2.24) is 10.2 Å². The van der Waals surface area contributed by atoms with Crippen molar-refractivity contribution in [3.63, 3.8) is 0 Å². The number of hydrogen-bond donors (Lipinski definition) is 3. The molecule has 3 unspecified atom stereocenters. The molecule has 6 atom stereocenters. The van der Waals surface area contributed by atoms with Gasteiger partial charge >= 0.3 is 35.7 Å². The van der Waals surface area contributed by atoms with Crippen LogP contribution in [0.15, 0.2) is 204 Å². The molecule has 11 nitrogen and oxygen atoms in total. The third-order valence-electron chi connectivity index (χ3n) is 13.7. The molecule has 1 aliphatic heterocycles. The number of hydrogen-bond acceptors (Lipinski definition) is 8. The molecule has 3 amide bonds. The van der Waals surface area contributed by atoms with Crippen molar-refractivity contribution in [2.24, 2.45) is 21.6 Å². The summed E-state index contributed by atoms with van der Waals surface area (Å²) < 4.78 is 114. The van der Waals surface area contributed by atoms with Gasteiger partial charge in [0.05, 0.1) is 22.3 Å². The molecule has 0 aromatic heterocycles. The largest absolute Gasteiger partial charge is 1.00 e. The monoisotopic (exact) mass is 1250 g/mol. The summed E-state index contributed by atoms with van der Waals surface area (Å²) in [5, 5.41) is 6.26. The van der Waals surface area contributed by atoms with Gasteiger partial charge in [0.25, 0.3) is 17.7 Å². The molecule has 3 saturated carbocycles. The zero-order valence-electron chi connectivity index (χ0n) is 49.7. The predicted molar refractivity (Wildman–Crippen MR) is 327 cm³/mol. The number of carbonyl (C=O) groups excluding carboxylic acids is 4. The van der Waals surface area contributed by atoms with E-state index in [1.165, 1.54) is 108 Å². The predicted octanol–water partition coefficient (Wildman–Crippen LogP) is 11.8. The van der Waals surface area contributed by atoms with Crippen LogP contribution in [0.2, 0.25) is 0 Å². The number of alkyl halides is 3. The van der Waals surface area contributed by atoms with Crippen LogP contribution in [-0.2, 0) is 6.18 Å². The van der Waals surface area contributed by atoms with E-state index in [1.807, 2.05) is 26.0 Å². The molecule has 90 heavy (non-hydrogen) atoms. The van der Waals surface area contributed by atoms with Gasteiger partial charge in [0.1, 0.15) is 41.2 Å². The number of aliphatic imine (C=N–C) groups is 1. The first kappa shape index (κ1) is 72.2. The molecule has 1 heterocycles. The minimum atomic E-state index is -4.58. The van der Waals surface area contributed by atoms with Gasteiger partial charge in [-0.25, -0.2) is 26.3 Å². The van der Waals surface area contributed by atoms with Crippen LogP contribution in [0.1, 0.15) is 126 Å². The molecular weight excluding hydrogens is 1180 g/mol. The molecular formula is C69H65F9N7NaO4. The van der Waals surface area contributed by atoms with Gasteiger partial charge in [-0.05, 0) is 170 Å². The Kier molecular flexibility index (Phi) is 28.6. The Bertz CT molecular complexity index is 3530. The molecule has 0 spiro atoms. The molecule has 4 aliphatic rings. The first-order valence-corrected chi connectivity index (χ1v) is 28.2. The van der Waals surface area contributed by atoms with Crippen molar-refractivity contribution in [3.8, 4) is 0 Å². The number of nitrogens with two attached hydrogens (primary N) is 2. The molecule has 8 aromatic carbocycles. The van der Waals surface area contributed by atoms with E-state index in [4.69, 9.17) is 11.5 Å². The molecule has 5 N–H and O–H groups in total. The quantitative estimate of drug-likeness (QED) is 0.0290. The van der Waals surface area contributed by atoms with Gasteiger partial charge in [0.15, 0.2) is 0 Å². The molecule has 8 aromatic rings. The van der Waals surface area contributed by atoms with Crippen molar-refractivity contribution < 1.29 is 88.2 Å². The van der Waals surface area contributed by atoms with Crippen LogP contribution in [0.25, 0.3) is 5.43 Å². The van der Waals surface area contributed by atoms with Gasteiger partial charge in [-0.1, -0.05) is 91.9 Å². The Morgan fingerprint density at radius 2 is 0.944 bits per heavy atom. The summed E-state index contributed by atoms with van der Waals surface area (Å²) in [6, 6.07) is 48.0. The fraction of sp³-hybridized carbons (Fsp3) is 0.217. The van der Waals surface area contributed by atoms with E-state index >= 15 is 0 Å². The molecule has 464 valence electrons. The maximum atomic E-state index is 13.0. The van der Waals surface area contributed by atoms with Crippen molar-refractivity contribution in [1.29, 1.82) is 0 Å². The number of aldehydes is 1. The van der Waals surface area contributed by atoms with E-state index in [2.05, 4.69) is 20.8 Å². The van der Waals surface area contributed by atoms with Crippen molar-refractivity contribution >= 4 is 36.4 Å². The normalized spacial score (nSPS) is 17.8. The zero-order chi connectivity index (χ0) is 64.6. The van der Waals surface area contributed by atoms with Crippen LogP contribution < -0.4 is 46.3 Å². The Balaban J connectivity index is 0.000000201. The Morgan fingerprint density at radius 1 is 0.567 bits per heavy atom. The van der Waals surface area contributed by atoms with E-state index < -0.39 is 17.6 Å². The van der Waals surface area contributed by atoms with Crippen LogP contribution in [0.3, 0.4) is 0 Å². The summed E-state index contributed by atoms with van der Waals surface area (Å²) in [6.45, 7) is 5.37. The molecule has 3 fully saturated rings. The number of imide groups is 1. The van der Waals surface area contributed by atoms with E-state index in [-0.39, 0.29) is 106 Å². The Morgan fingerprint density at radius 3 is 1.34 bits per heavy atom. The number of rotatable bonds is 11. The fourth-order valence-electron chi connectivity index (χ4n) is 8.92.